The first-order valence-electron chi connectivity index (χ1n) is 5.11. The van der Waals surface area contributed by atoms with Gasteiger partial charge in [0.15, 0.2) is 0 Å². The normalized spacial score (nSPS) is 14.7. The number of nitrogens with one attached hydrogen (secondary N) is 1. The second kappa shape index (κ2) is 7.62. The fourth-order valence-electron chi connectivity index (χ4n) is 1.03. The molecule has 0 aliphatic carbocycles. The van der Waals surface area contributed by atoms with Gasteiger partial charge in [0.25, 0.3) is 0 Å². The number of methoxy groups -OCH3 is 1. The Labute approximate surface area is 90.4 Å². The largest absolute Gasteiger partial charge is 0.396 e. The van der Waals surface area contributed by atoms with Gasteiger partial charge in [-0.15, -0.1) is 0 Å². The Morgan fingerprint density at radius 3 is 2.73 bits per heavy atom. The average molecular weight is 219 g/mol. The summed E-state index contributed by atoms with van der Waals surface area (Å²) in [6.07, 6.45) is 1.21. The summed E-state index contributed by atoms with van der Waals surface area (Å²) in [5.74, 6) is -0.151. The Balaban J connectivity index is 3.67. The molecule has 0 aromatic carbocycles. The van der Waals surface area contributed by atoms with E-state index in [1.807, 2.05) is 0 Å². The molecule has 3 N–H and O–H groups in total. The Kier molecular flexibility index (Phi) is 7.29. The number of rotatable bonds is 8. The van der Waals surface area contributed by atoms with E-state index in [1.165, 1.54) is 0 Å². The van der Waals surface area contributed by atoms with Crippen molar-refractivity contribution < 1.29 is 19.7 Å². The van der Waals surface area contributed by atoms with E-state index < -0.39 is 5.60 Å². The van der Waals surface area contributed by atoms with Crippen LogP contribution in [0.2, 0.25) is 0 Å². The Bertz CT molecular complexity index is 182. The summed E-state index contributed by atoms with van der Waals surface area (Å²) < 4.78 is 4.84. The molecular weight excluding hydrogens is 198 g/mol. The van der Waals surface area contributed by atoms with Gasteiger partial charge in [-0.3, -0.25) is 4.79 Å². The molecule has 0 spiro atoms. The molecule has 0 rings (SSSR count). The molecule has 5 heteroatoms. The van der Waals surface area contributed by atoms with Crippen LogP contribution < -0.4 is 5.32 Å². The summed E-state index contributed by atoms with van der Waals surface area (Å²) in [6.45, 7) is 2.33. The first-order valence-corrected chi connectivity index (χ1v) is 5.11. The number of aliphatic hydroxyl groups is 2. The van der Waals surface area contributed by atoms with Gasteiger partial charge in [0.1, 0.15) is 0 Å². The van der Waals surface area contributed by atoms with Crippen molar-refractivity contribution in [1.82, 2.24) is 5.32 Å². The highest BCUT2D eigenvalue weighted by Crippen LogP contribution is 2.07. The van der Waals surface area contributed by atoms with Crippen molar-refractivity contribution in [2.24, 2.45) is 0 Å². The maximum atomic E-state index is 11.2. The quantitative estimate of drug-likeness (QED) is 0.522. The summed E-state index contributed by atoms with van der Waals surface area (Å²) in [7, 11) is 1.57. The highest BCUT2D eigenvalue weighted by molar-refractivity contribution is 5.75. The zero-order chi connectivity index (χ0) is 11.7. The molecule has 0 aliphatic heterocycles. The Hall–Kier alpha value is -0.650. The van der Waals surface area contributed by atoms with Gasteiger partial charge in [-0.05, 0) is 13.3 Å². The molecule has 0 aliphatic rings. The van der Waals surface area contributed by atoms with Gasteiger partial charge >= 0.3 is 0 Å². The van der Waals surface area contributed by atoms with Crippen molar-refractivity contribution in [3.63, 3.8) is 0 Å². The van der Waals surface area contributed by atoms with E-state index in [9.17, 15) is 9.90 Å². The van der Waals surface area contributed by atoms with E-state index >= 15 is 0 Å². The Morgan fingerprint density at radius 1 is 1.53 bits per heavy atom. The van der Waals surface area contributed by atoms with Gasteiger partial charge in [-0.25, -0.2) is 0 Å². The fraction of sp³-hybridized carbons (Fsp3) is 0.900. The zero-order valence-corrected chi connectivity index (χ0v) is 9.45. The van der Waals surface area contributed by atoms with E-state index in [0.29, 0.717) is 19.4 Å². The maximum absolute atomic E-state index is 11.2. The number of carbonyl (C=O) groups excluding carboxylic acids is 1. The van der Waals surface area contributed by atoms with Crippen LogP contribution in [0.1, 0.15) is 26.2 Å². The monoisotopic (exact) mass is 219 g/mol. The molecule has 0 fully saturated rings. The zero-order valence-electron chi connectivity index (χ0n) is 9.45. The number of aliphatic hydroxyl groups excluding tert-OH is 1. The van der Waals surface area contributed by atoms with Crippen molar-refractivity contribution >= 4 is 5.91 Å². The highest BCUT2D eigenvalue weighted by atomic mass is 16.5. The van der Waals surface area contributed by atoms with Crippen molar-refractivity contribution in [2.75, 3.05) is 26.9 Å². The van der Waals surface area contributed by atoms with Crippen LogP contribution >= 0.6 is 0 Å². The van der Waals surface area contributed by atoms with Gasteiger partial charge in [0.2, 0.25) is 5.91 Å². The molecular formula is C10H21NO4. The molecule has 5 nitrogen and oxygen atoms in total. The second-order valence-corrected chi connectivity index (χ2v) is 3.84. The topological polar surface area (TPSA) is 78.8 Å². The molecule has 0 saturated heterocycles. The molecule has 0 bridgehead atoms. The first-order chi connectivity index (χ1) is 7.02. The molecule has 0 aromatic heterocycles. The van der Waals surface area contributed by atoms with Crippen LogP contribution in [0.15, 0.2) is 0 Å². The molecule has 0 aromatic rings. The third-order valence-electron chi connectivity index (χ3n) is 2.07. The van der Waals surface area contributed by atoms with E-state index in [2.05, 4.69) is 5.32 Å². The highest BCUT2D eigenvalue weighted by Gasteiger charge is 2.20. The Morgan fingerprint density at radius 2 is 2.20 bits per heavy atom. The fourth-order valence-corrected chi connectivity index (χ4v) is 1.03. The molecule has 1 unspecified atom stereocenters. The molecule has 0 saturated carbocycles. The lowest BCUT2D eigenvalue weighted by atomic mass is 10.0. The summed E-state index contributed by atoms with van der Waals surface area (Å²) in [5, 5.41) is 20.9. The molecule has 0 heterocycles. The van der Waals surface area contributed by atoms with Gasteiger partial charge in [-0.1, -0.05) is 0 Å². The van der Waals surface area contributed by atoms with Gasteiger partial charge in [-0.2, -0.15) is 0 Å². The standard InChI is InChI=1S/C10H21NO4/c1-10(14,5-7-15-2)8-11-9(13)4-3-6-12/h12,14H,3-8H2,1-2H3,(H,11,13). The lowest BCUT2D eigenvalue weighted by Gasteiger charge is -2.23. The smallest absolute Gasteiger partial charge is 0.220 e. The van der Waals surface area contributed by atoms with Crippen LogP contribution in [0.25, 0.3) is 0 Å². The van der Waals surface area contributed by atoms with Crippen LogP contribution in [0, 0.1) is 0 Å². The lowest BCUT2D eigenvalue weighted by Crippen LogP contribution is -2.41. The van der Waals surface area contributed by atoms with E-state index in [0.717, 1.165) is 0 Å². The van der Waals surface area contributed by atoms with Crippen molar-refractivity contribution in [1.29, 1.82) is 0 Å². The third-order valence-corrected chi connectivity index (χ3v) is 2.07. The van der Waals surface area contributed by atoms with Gasteiger partial charge < -0.3 is 20.3 Å². The number of carbonyl (C=O) groups is 1. The van der Waals surface area contributed by atoms with Crippen molar-refractivity contribution in [2.45, 2.75) is 31.8 Å². The summed E-state index contributed by atoms with van der Waals surface area (Å²) in [6, 6.07) is 0. The van der Waals surface area contributed by atoms with Crippen LogP contribution in [-0.4, -0.2) is 48.6 Å². The summed E-state index contributed by atoms with van der Waals surface area (Å²) in [5.41, 5.74) is -0.940. The molecule has 0 radical (unpaired) electrons. The third kappa shape index (κ3) is 8.35. The van der Waals surface area contributed by atoms with Crippen LogP contribution in [0.3, 0.4) is 0 Å². The number of hydrogen-bond acceptors (Lipinski definition) is 4. The lowest BCUT2D eigenvalue weighted by molar-refractivity contribution is -0.122. The molecule has 1 amide bonds. The van der Waals surface area contributed by atoms with Crippen molar-refractivity contribution in [3.05, 3.63) is 0 Å². The first kappa shape index (κ1) is 14.3. The molecule has 1 atom stereocenters. The summed E-state index contributed by atoms with van der Waals surface area (Å²) in [4.78, 5) is 11.2. The minimum Gasteiger partial charge on any atom is -0.396 e. The number of ether oxygens (including phenoxy) is 1. The van der Waals surface area contributed by atoms with Crippen molar-refractivity contribution in [3.8, 4) is 0 Å². The van der Waals surface area contributed by atoms with Crippen LogP contribution in [-0.2, 0) is 9.53 Å². The summed E-state index contributed by atoms with van der Waals surface area (Å²) >= 11 is 0. The van der Waals surface area contributed by atoms with Gasteiger partial charge in [0.05, 0.1) is 5.60 Å². The van der Waals surface area contributed by atoms with E-state index in [4.69, 9.17) is 9.84 Å². The predicted molar refractivity (Wildman–Crippen MR) is 56.4 cm³/mol. The maximum Gasteiger partial charge on any atom is 0.220 e. The molecule has 15 heavy (non-hydrogen) atoms. The predicted octanol–water partition coefficient (Wildman–Crippen LogP) is -0.337. The minimum atomic E-state index is -0.940. The van der Waals surface area contributed by atoms with E-state index in [-0.39, 0.29) is 25.5 Å². The van der Waals surface area contributed by atoms with Crippen LogP contribution in [0.4, 0.5) is 0 Å². The van der Waals surface area contributed by atoms with E-state index in [1.54, 1.807) is 14.0 Å². The van der Waals surface area contributed by atoms with Crippen LogP contribution in [0.5, 0.6) is 0 Å². The number of hydrogen-bond donors (Lipinski definition) is 3. The molecule has 90 valence electrons. The second-order valence-electron chi connectivity index (χ2n) is 3.84. The number of amides is 1. The van der Waals surface area contributed by atoms with Gasteiger partial charge in [0, 0.05) is 39.7 Å². The average Bonchev–Trinajstić information content (AvgIpc) is 2.21. The minimum absolute atomic E-state index is 0.00743. The SMILES string of the molecule is COCCC(C)(O)CNC(=O)CCCO.